The van der Waals surface area contributed by atoms with Crippen molar-refractivity contribution in [3.8, 4) is 0 Å². The molecule has 0 radical (unpaired) electrons. The van der Waals surface area contributed by atoms with Crippen molar-refractivity contribution in [3.63, 3.8) is 0 Å². The molecule has 0 aliphatic carbocycles. The van der Waals surface area contributed by atoms with E-state index in [-0.39, 0.29) is 0 Å². The highest BCUT2D eigenvalue weighted by molar-refractivity contribution is 8.00. The topological polar surface area (TPSA) is 0 Å². The summed E-state index contributed by atoms with van der Waals surface area (Å²) in [5.41, 5.74) is 1.81. The van der Waals surface area contributed by atoms with Gasteiger partial charge in [0.25, 0.3) is 0 Å². The summed E-state index contributed by atoms with van der Waals surface area (Å²) in [6.45, 7) is 2.30. The summed E-state index contributed by atoms with van der Waals surface area (Å²) in [5.74, 6) is 0. The third kappa shape index (κ3) is 8.97. The molecule has 2 heterocycles. The van der Waals surface area contributed by atoms with Crippen molar-refractivity contribution >= 4 is 11.8 Å². The molecule has 140 valence electrons. The Bertz CT molecular complexity index is 333. The van der Waals surface area contributed by atoms with E-state index in [0.29, 0.717) is 0 Å². The maximum Gasteiger partial charge on any atom is 0.0232 e. The largest absolute Gasteiger partial charge is 0.151 e. The van der Waals surface area contributed by atoms with Gasteiger partial charge in [-0.1, -0.05) is 102 Å². The van der Waals surface area contributed by atoms with E-state index in [9.17, 15) is 0 Å². The first-order chi connectivity index (χ1) is 11.9. The van der Waals surface area contributed by atoms with Crippen LogP contribution in [0.15, 0.2) is 11.6 Å². The van der Waals surface area contributed by atoms with E-state index in [0.717, 1.165) is 10.5 Å². The van der Waals surface area contributed by atoms with Crippen LogP contribution in [-0.4, -0.2) is 10.5 Å². The van der Waals surface area contributed by atoms with Gasteiger partial charge < -0.3 is 0 Å². The van der Waals surface area contributed by atoms with Gasteiger partial charge in [0, 0.05) is 10.5 Å². The highest BCUT2D eigenvalue weighted by Crippen LogP contribution is 2.41. The third-order valence-corrected chi connectivity index (χ3v) is 7.40. The van der Waals surface area contributed by atoms with Gasteiger partial charge in [-0.3, -0.25) is 0 Å². The molecule has 24 heavy (non-hydrogen) atoms. The summed E-state index contributed by atoms with van der Waals surface area (Å²) >= 11 is 2.26. The van der Waals surface area contributed by atoms with Gasteiger partial charge >= 0.3 is 0 Å². The minimum atomic E-state index is 0.884. The summed E-state index contributed by atoms with van der Waals surface area (Å²) in [4.78, 5) is 0. The molecule has 0 amide bonds. The smallest absolute Gasteiger partial charge is 0.0232 e. The molecule has 2 bridgehead atoms. The van der Waals surface area contributed by atoms with Gasteiger partial charge in [0.2, 0.25) is 0 Å². The van der Waals surface area contributed by atoms with Crippen LogP contribution < -0.4 is 0 Å². The van der Waals surface area contributed by atoms with Crippen LogP contribution in [-0.2, 0) is 0 Å². The molecule has 2 rings (SSSR count). The SMILES string of the molecule is CCCCCCCCCCCCCCCC1=CC2CCCC(C1)S2. The number of fused-ring (bicyclic) bond motifs is 2. The first-order valence-electron chi connectivity index (χ1n) is 11.2. The Labute approximate surface area is 156 Å². The number of rotatable bonds is 14. The number of hydrogen-bond acceptors (Lipinski definition) is 1. The zero-order valence-electron chi connectivity index (χ0n) is 16.4. The van der Waals surface area contributed by atoms with Crippen molar-refractivity contribution in [1.82, 2.24) is 0 Å². The van der Waals surface area contributed by atoms with E-state index in [1.54, 1.807) is 0 Å². The van der Waals surface area contributed by atoms with E-state index in [2.05, 4.69) is 24.8 Å². The Balaban J connectivity index is 1.34. The lowest BCUT2D eigenvalue weighted by molar-refractivity contribution is 0.536. The predicted molar refractivity (Wildman–Crippen MR) is 112 cm³/mol. The summed E-state index contributed by atoms with van der Waals surface area (Å²) in [7, 11) is 0. The van der Waals surface area contributed by atoms with Crippen LogP contribution in [0.4, 0.5) is 0 Å². The van der Waals surface area contributed by atoms with Gasteiger partial charge in [-0.05, 0) is 32.1 Å². The summed E-state index contributed by atoms with van der Waals surface area (Å²) in [6.07, 6.45) is 28.9. The monoisotopic (exact) mass is 350 g/mol. The lowest BCUT2D eigenvalue weighted by Crippen LogP contribution is -2.21. The molecule has 0 aromatic carbocycles. The number of hydrogen-bond donors (Lipinski definition) is 0. The average Bonchev–Trinajstić information content (AvgIpc) is 2.59. The summed E-state index contributed by atoms with van der Waals surface area (Å²) in [5, 5.41) is 1.86. The van der Waals surface area contributed by atoms with Gasteiger partial charge in [0.15, 0.2) is 0 Å². The predicted octanol–water partition coefficient (Wildman–Crippen LogP) is 8.45. The van der Waals surface area contributed by atoms with Crippen LogP contribution >= 0.6 is 11.8 Å². The van der Waals surface area contributed by atoms with Crippen LogP contribution in [0.2, 0.25) is 0 Å². The van der Waals surface area contributed by atoms with E-state index in [4.69, 9.17) is 0 Å². The quantitative estimate of drug-likeness (QED) is 0.224. The van der Waals surface area contributed by atoms with Crippen molar-refractivity contribution in [2.45, 2.75) is 133 Å². The van der Waals surface area contributed by atoms with Crippen LogP contribution in [0.25, 0.3) is 0 Å². The van der Waals surface area contributed by atoms with E-state index in [1.807, 2.05) is 5.57 Å². The maximum absolute atomic E-state index is 2.64. The minimum absolute atomic E-state index is 0.884. The second-order valence-corrected chi connectivity index (χ2v) is 9.79. The second kappa shape index (κ2) is 13.3. The van der Waals surface area contributed by atoms with Crippen molar-refractivity contribution in [2.24, 2.45) is 0 Å². The minimum Gasteiger partial charge on any atom is -0.151 e. The van der Waals surface area contributed by atoms with Gasteiger partial charge in [-0.15, -0.1) is 0 Å². The Morgan fingerprint density at radius 3 is 1.96 bits per heavy atom. The molecule has 2 aliphatic rings. The summed E-state index contributed by atoms with van der Waals surface area (Å²) in [6, 6.07) is 0. The van der Waals surface area contributed by atoms with Gasteiger partial charge in [0.1, 0.15) is 0 Å². The highest BCUT2D eigenvalue weighted by Gasteiger charge is 2.26. The second-order valence-electron chi connectivity index (χ2n) is 8.25. The van der Waals surface area contributed by atoms with Gasteiger partial charge in [0.05, 0.1) is 0 Å². The van der Waals surface area contributed by atoms with Crippen molar-refractivity contribution < 1.29 is 0 Å². The molecule has 2 unspecified atom stereocenters. The molecule has 1 heteroatoms. The van der Waals surface area contributed by atoms with Gasteiger partial charge in [-0.25, -0.2) is 0 Å². The van der Waals surface area contributed by atoms with Crippen LogP contribution in [0.5, 0.6) is 0 Å². The first kappa shape index (κ1) is 20.4. The van der Waals surface area contributed by atoms with E-state index in [1.165, 1.54) is 116 Å². The molecule has 0 nitrogen and oxygen atoms in total. The number of allylic oxidation sites excluding steroid dienone is 1. The lowest BCUT2D eigenvalue weighted by Gasteiger charge is -2.33. The zero-order valence-corrected chi connectivity index (χ0v) is 17.2. The fourth-order valence-corrected chi connectivity index (χ4v) is 6.06. The van der Waals surface area contributed by atoms with Crippen molar-refractivity contribution in [1.29, 1.82) is 0 Å². The Kier molecular flexibility index (Phi) is 11.3. The fourth-order valence-electron chi connectivity index (χ4n) is 4.38. The Morgan fingerprint density at radius 1 is 0.792 bits per heavy atom. The molecule has 0 saturated carbocycles. The average molecular weight is 351 g/mol. The summed E-state index contributed by atoms with van der Waals surface area (Å²) < 4.78 is 0. The maximum atomic E-state index is 2.64. The van der Waals surface area contributed by atoms with Crippen molar-refractivity contribution in [2.75, 3.05) is 0 Å². The molecule has 0 aromatic rings. The van der Waals surface area contributed by atoms with E-state index < -0.39 is 0 Å². The van der Waals surface area contributed by atoms with Crippen LogP contribution in [0, 0.1) is 0 Å². The Hall–Kier alpha value is 0.0900. The van der Waals surface area contributed by atoms with E-state index >= 15 is 0 Å². The van der Waals surface area contributed by atoms with Crippen LogP contribution in [0.3, 0.4) is 0 Å². The molecular formula is C23H42S. The first-order valence-corrected chi connectivity index (χ1v) is 12.2. The van der Waals surface area contributed by atoms with Gasteiger partial charge in [-0.2, -0.15) is 11.8 Å². The lowest BCUT2D eigenvalue weighted by atomic mass is 9.94. The van der Waals surface area contributed by atoms with Crippen LogP contribution in [0.1, 0.15) is 122 Å². The molecule has 1 saturated heterocycles. The molecular weight excluding hydrogens is 308 g/mol. The molecule has 1 fully saturated rings. The third-order valence-electron chi connectivity index (χ3n) is 5.89. The standard InChI is InChI=1S/C23H42S/c1-2-3-4-5-6-7-8-9-10-11-12-13-14-16-21-19-22-17-15-18-23(20-21)24-22/h19,22-23H,2-18,20H2,1H3. The normalized spacial score (nSPS) is 23.3. The zero-order chi connectivity index (χ0) is 16.9. The fraction of sp³-hybridized carbons (Fsp3) is 0.913. The molecule has 0 aromatic heterocycles. The molecule has 0 N–H and O–H groups in total. The molecule has 2 aliphatic heterocycles. The highest BCUT2D eigenvalue weighted by atomic mass is 32.2. The number of thioether (sulfide) groups is 1. The molecule has 0 spiro atoms. The molecule has 2 atom stereocenters. The van der Waals surface area contributed by atoms with Crippen molar-refractivity contribution in [3.05, 3.63) is 11.6 Å². The number of unbranched alkanes of at least 4 members (excludes halogenated alkanes) is 12. The Morgan fingerprint density at radius 2 is 1.38 bits per heavy atom.